The minimum Gasteiger partial charge on any atom is -0.372 e. The van der Waals surface area contributed by atoms with Crippen LogP contribution in [-0.4, -0.2) is 38.3 Å². The quantitative estimate of drug-likeness (QED) is 0.884. The molecule has 3 rings (SSSR count). The molecule has 0 aromatic carbocycles. The lowest BCUT2D eigenvalue weighted by molar-refractivity contribution is 0.0958. The van der Waals surface area contributed by atoms with Gasteiger partial charge in [0.2, 0.25) is 0 Å². The number of aromatic nitrogens is 4. The molecular weight excluding hydrogens is 278 g/mol. The molecule has 22 heavy (non-hydrogen) atoms. The van der Waals surface area contributed by atoms with Crippen molar-refractivity contribution in [3.05, 3.63) is 35.9 Å². The average molecular weight is 303 g/mol. The molecule has 1 fully saturated rings. The minimum atomic E-state index is 0.112. The van der Waals surface area contributed by atoms with E-state index in [-0.39, 0.29) is 6.10 Å². The van der Waals surface area contributed by atoms with E-state index in [9.17, 15) is 0 Å². The predicted molar refractivity (Wildman–Crippen MR) is 84.5 cm³/mol. The molecule has 2 aromatic rings. The van der Waals surface area contributed by atoms with E-state index in [2.05, 4.69) is 29.4 Å². The van der Waals surface area contributed by atoms with E-state index in [1.807, 2.05) is 41.1 Å². The van der Waals surface area contributed by atoms with Crippen LogP contribution in [0.25, 0.3) is 0 Å². The molecule has 120 valence electrons. The lowest BCUT2D eigenvalue weighted by atomic mass is 10.0. The van der Waals surface area contributed by atoms with Crippen molar-refractivity contribution in [2.75, 3.05) is 6.61 Å². The highest BCUT2D eigenvalue weighted by atomic mass is 16.5. The SMILES string of the molecule is Cc1c([C@H]2OCC[C@@H]2NC(C)CCn2cccn2)cnn1C. The van der Waals surface area contributed by atoms with Crippen molar-refractivity contribution in [2.45, 2.75) is 51.4 Å². The molecule has 6 heteroatoms. The van der Waals surface area contributed by atoms with E-state index < -0.39 is 0 Å². The molecule has 6 nitrogen and oxygen atoms in total. The summed E-state index contributed by atoms with van der Waals surface area (Å²) >= 11 is 0. The first-order valence-corrected chi connectivity index (χ1v) is 7.98. The van der Waals surface area contributed by atoms with Crippen molar-refractivity contribution in [2.24, 2.45) is 7.05 Å². The normalized spacial score (nSPS) is 23.0. The van der Waals surface area contributed by atoms with Gasteiger partial charge in [0.05, 0.1) is 6.20 Å². The number of ether oxygens (including phenoxy) is 1. The fourth-order valence-electron chi connectivity index (χ4n) is 3.07. The molecule has 1 aliphatic heterocycles. The maximum absolute atomic E-state index is 5.96. The highest BCUT2D eigenvalue weighted by Gasteiger charge is 2.32. The zero-order valence-electron chi connectivity index (χ0n) is 13.6. The van der Waals surface area contributed by atoms with Crippen LogP contribution in [0.1, 0.15) is 37.1 Å². The zero-order chi connectivity index (χ0) is 15.5. The van der Waals surface area contributed by atoms with Crippen LogP contribution in [0, 0.1) is 6.92 Å². The van der Waals surface area contributed by atoms with E-state index >= 15 is 0 Å². The van der Waals surface area contributed by atoms with Crippen molar-refractivity contribution in [3.63, 3.8) is 0 Å². The molecule has 3 heterocycles. The lowest BCUT2D eigenvalue weighted by Gasteiger charge is -2.24. The topological polar surface area (TPSA) is 56.9 Å². The van der Waals surface area contributed by atoms with Crippen LogP contribution in [0.2, 0.25) is 0 Å². The summed E-state index contributed by atoms with van der Waals surface area (Å²) in [6.07, 6.45) is 7.98. The maximum Gasteiger partial charge on any atom is 0.101 e. The first-order valence-electron chi connectivity index (χ1n) is 7.98. The summed E-state index contributed by atoms with van der Waals surface area (Å²) in [7, 11) is 1.98. The third-order valence-corrected chi connectivity index (χ3v) is 4.52. The summed E-state index contributed by atoms with van der Waals surface area (Å²) in [6.45, 7) is 6.07. The van der Waals surface area contributed by atoms with Crippen molar-refractivity contribution in [1.29, 1.82) is 0 Å². The molecule has 1 saturated heterocycles. The highest BCUT2D eigenvalue weighted by Crippen LogP contribution is 2.31. The summed E-state index contributed by atoms with van der Waals surface area (Å²) in [5, 5.41) is 12.3. The van der Waals surface area contributed by atoms with E-state index in [4.69, 9.17) is 4.74 Å². The summed E-state index contributed by atoms with van der Waals surface area (Å²) in [6, 6.07) is 2.75. The Balaban J connectivity index is 1.57. The summed E-state index contributed by atoms with van der Waals surface area (Å²) < 4.78 is 9.85. The van der Waals surface area contributed by atoms with Gasteiger partial charge in [0.1, 0.15) is 6.10 Å². The molecule has 0 radical (unpaired) electrons. The Labute approximate surface area is 131 Å². The minimum absolute atomic E-state index is 0.112. The van der Waals surface area contributed by atoms with Gasteiger partial charge in [-0.15, -0.1) is 0 Å². The third kappa shape index (κ3) is 3.23. The average Bonchev–Trinajstić information content (AvgIpc) is 3.21. The van der Waals surface area contributed by atoms with Crippen LogP contribution in [0.4, 0.5) is 0 Å². The third-order valence-electron chi connectivity index (χ3n) is 4.52. The van der Waals surface area contributed by atoms with Crippen molar-refractivity contribution < 1.29 is 4.74 Å². The molecule has 3 atom stereocenters. The molecule has 0 spiro atoms. The Morgan fingerprint density at radius 2 is 2.32 bits per heavy atom. The zero-order valence-corrected chi connectivity index (χ0v) is 13.6. The van der Waals surface area contributed by atoms with Crippen molar-refractivity contribution >= 4 is 0 Å². The molecule has 1 N–H and O–H groups in total. The lowest BCUT2D eigenvalue weighted by Crippen LogP contribution is -2.39. The van der Waals surface area contributed by atoms with Crippen LogP contribution in [-0.2, 0) is 18.3 Å². The Morgan fingerprint density at radius 1 is 1.45 bits per heavy atom. The molecule has 0 saturated carbocycles. The van der Waals surface area contributed by atoms with Crippen molar-refractivity contribution in [3.8, 4) is 0 Å². The second-order valence-electron chi connectivity index (χ2n) is 6.12. The number of nitrogens with one attached hydrogen (secondary N) is 1. The van der Waals surface area contributed by atoms with Crippen LogP contribution in [0.3, 0.4) is 0 Å². The van der Waals surface area contributed by atoms with Crippen molar-refractivity contribution in [1.82, 2.24) is 24.9 Å². The predicted octanol–water partition coefficient (Wildman–Crippen LogP) is 1.82. The number of rotatable bonds is 6. The standard InChI is InChI=1S/C16H25N5O/c1-12(5-9-21-8-4-7-17-21)19-15-6-10-22-16(15)14-11-18-20(3)13(14)2/h4,7-8,11-12,15-16,19H,5-6,9-10H2,1-3H3/t12?,15-,16+/m0/s1. The molecule has 1 unspecified atom stereocenters. The number of hydrogen-bond acceptors (Lipinski definition) is 4. The summed E-state index contributed by atoms with van der Waals surface area (Å²) in [4.78, 5) is 0. The number of nitrogens with zero attached hydrogens (tertiary/aromatic N) is 4. The highest BCUT2D eigenvalue weighted by molar-refractivity contribution is 5.22. The summed E-state index contributed by atoms with van der Waals surface area (Å²) in [5.74, 6) is 0. The molecular formula is C16H25N5O. The first-order chi connectivity index (χ1) is 10.6. The van der Waals surface area contributed by atoms with Crippen LogP contribution < -0.4 is 5.32 Å². The van der Waals surface area contributed by atoms with Gasteiger partial charge in [-0.1, -0.05) is 0 Å². The molecule has 1 aliphatic rings. The van der Waals surface area contributed by atoms with E-state index in [0.717, 1.165) is 26.0 Å². The first kappa shape index (κ1) is 15.2. The molecule has 0 bridgehead atoms. The number of hydrogen-bond donors (Lipinski definition) is 1. The molecule has 0 amide bonds. The molecule has 2 aromatic heterocycles. The second kappa shape index (κ2) is 6.62. The Bertz CT molecular complexity index is 592. The fraction of sp³-hybridized carbons (Fsp3) is 0.625. The van der Waals surface area contributed by atoms with Crippen LogP contribution >= 0.6 is 0 Å². The van der Waals surface area contributed by atoms with E-state index in [1.54, 1.807) is 0 Å². The Kier molecular flexibility index (Phi) is 4.59. The van der Waals surface area contributed by atoms with Gasteiger partial charge in [-0.25, -0.2) is 0 Å². The van der Waals surface area contributed by atoms with E-state index in [1.165, 1.54) is 11.3 Å². The smallest absolute Gasteiger partial charge is 0.101 e. The second-order valence-corrected chi connectivity index (χ2v) is 6.12. The van der Waals surface area contributed by atoms with Gasteiger partial charge in [-0.2, -0.15) is 10.2 Å². The van der Waals surface area contributed by atoms with Gasteiger partial charge in [-0.3, -0.25) is 9.36 Å². The largest absolute Gasteiger partial charge is 0.372 e. The molecule has 0 aliphatic carbocycles. The monoisotopic (exact) mass is 303 g/mol. The van der Waals surface area contributed by atoms with Gasteiger partial charge in [0.25, 0.3) is 0 Å². The van der Waals surface area contributed by atoms with Gasteiger partial charge in [-0.05, 0) is 32.8 Å². The summed E-state index contributed by atoms with van der Waals surface area (Å²) in [5.41, 5.74) is 2.39. The van der Waals surface area contributed by atoms with Gasteiger partial charge in [0.15, 0.2) is 0 Å². The van der Waals surface area contributed by atoms with Crippen LogP contribution in [0.5, 0.6) is 0 Å². The maximum atomic E-state index is 5.96. The Hall–Kier alpha value is -1.66. The number of aryl methyl sites for hydroxylation is 2. The fourth-order valence-corrected chi connectivity index (χ4v) is 3.07. The van der Waals surface area contributed by atoms with Gasteiger partial charge < -0.3 is 10.1 Å². The Morgan fingerprint density at radius 3 is 3.00 bits per heavy atom. The van der Waals surface area contributed by atoms with E-state index in [0.29, 0.717) is 12.1 Å². The van der Waals surface area contributed by atoms with Crippen LogP contribution in [0.15, 0.2) is 24.7 Å². The van der Waals surface area contributed by atoms with Gasteiger partial charge in [0, 0.05) is 55.9 Å². The van der Waals surface area contributed by atoms with Gasteiger partial charge >= 0.3 is 0 Å².